The van der Waals surface area contributed by atoms with E-state index in [-0.39, 0.29) is 12.6 Å². The minimum absolute atomic E-state index is 0.0737. The van der Waals surface area contributed by atoms with Crippen molar-refractivity contribution in [3.05, 3.63) is 59.7 Å². The number of rotatable bonds is 5. The van der Waals surface area contributed by atoms with Crippen LogP contribution in [0.15, 0.2) is 36.5 Å². The second-order valence-corrected chi connectivity index (χ2v) is 5.85. The van der Waals surface area contributed by atoms with Crippen LogP contribution in [-0.2, 0) is 0 Å². The predicted octanol–water partition coefficient (Wildman–Crippen LogP) is 2.40. The van der Waals surface area contributed by atoms with Crippen molar-refractivity contribution in [3.63, 3.8) is 0 Å². The lowest BCUT2D eigenvalue weighted by molar-refractivity contribution is 0.166. The Hall–Kier alpha value is -2.12. The second-order valence-electron chi connectivity index (χ2n) is 5.85. The maximum Gasteiger partial charge on any atom is 0.149 e. The Labute approximate surface area is 137 Å². The van der Waals surface area contributed by atoms with Gasteiger partial charge in [0, 0.05) is 31.7 Å². The van der Waals surface area contributed by atoms with E-state index in [9.17, 15) is 18.3 Å². The fourth-order valence-electron chi connectivity index (χ4n) is 2.85. The summed E-state index contributed by atoms with van der Waals surface area (Å²) in [5, 5.41) is 13.3. The Bertz CT molecular complexity index is 696. The quantitative estimate of drug-likeness (QED) is 0.880. The summed E-state index contributed by atoms with van der Waals surface area (Å²) in [5.74, 6) is -1.63. The van der Waals surface area contributed by atoms with E-state index in [1.54, 1.807) is 0 Å². The third-order valence-electron chi connectivity index (χ3n) is 4.13. The number of aromatic nitrogens is 1. The highest BCUT2D eigenvalue weighted by Gasteiger charge is 2.25. The van der Waals surface area contributed by atoms with Gasteiger partial charge in [-0.15, -0.1) is 0 Å². The average Bonchev–Trinajstić information content (AvgIpc) is 3.02. The predicted molar refractivity (Wildman–Crippen MR) is 84.1 cm³/mol. The third kappa shape index (κ3) is 3.85. The zero-order valence-corrected chi connectivity index (χ0v) is 12.9. The summed E-state index contributed by atoms with van der Waals surface area (Å²) in [6.07, 6.45) is 0.996. The van der Waals surface area contributed by atoms with Gasteiger partial charge in [0.15, 0.2) is 0 Å². The van der Waals surface area contributed by atoms with E-state index in [0.29, 0.717) is 24.5 Å². The summed E-state index contributed by atoms with van der Waals surface area (Å²) in [6, 6.07) is 6.31. The van der Waals surface area contributed by atoms with Crippen LogP contribution in [0.2, 0.25) is 0 Å². The second kappa shape index (κ2) is 7.19. The number of hydrogen-bond donors (Lipinski definition) is 2. The number of nitrogens with one attached hydrogen (secondary N) is 1. The van der Waals surface area contributed by atoms with Crippen molar-refractivity contribution in [1.29, 1.82) is 0 Å². The molecular formula is C17H18F3N3O. The van der Waals surface area contributed by atoms with Crippen LogP contribution >= 0.6 is 0 Å². The van der Waals surface area contributed by atoms with E-state index in [0.717, 1.165) is 18.7 Å². The van der Waals surface area contributed by atoms with E-state index in [2.05, 4.69) is 10.3 Å². The lowest BCUT2D eigenvalue weighted by atomic mass is 10.2. The van der Waals surface area contributed by atoms with Gasteiger partial charge in [-0.25, -0.2) is 13.2 Å². The molecule has 24 heavy (non-hydrogen) atoms. The number of halogens is 3. The first-order valence-electron chi connectivity index (χ1n) is 7.76. The van der Waals surface area contributed by atoms with E-state index in [4.69, 9.17) is 0 Å². The van der Waals surface area contributed by atoms with Gasteiger partial charge in [0.05, 0.1) is 17.6 Å². The van der Waals surface area contributed by atoms with Crippen molar-refractivity contribution in [2.24, 2.45) is 0 Å². The minimum atomic E-state index is -0.845. The molecule has 0 aliphatic carbocycles. The Morgan fingerprint density at radius 2 is 2.00 bits per heavy atom. The van der Waals surface area contributed by atoms with Crippen LogP contribution in [-0.4, -0.2) is 35.8 Å². The molecule has 2 aromatic rings. The van der Waals surface area contributed by atoms with Crippen molar-refractivity contribution >= 4 is 5.69 Å². The first-order valence-corrected chi connectivity index (χ1v) is 7.76. The van der Waals surface area contributed by atoms with Gasteiger partial charge in [-0.05, 0) is 30.7 Å². The molecule has 0 amide bonds. The van der Waals surface area contributed by atoms with Crippen molar-refractivity contribution in [2.75, 3.05) is 24.5 Å². The van der Waals surface area contributed by atoms with Gasteiger partial charge in [0.1, 0.15) is 23.6 Å². The molecule has 1 aliphatic heterocycles. The van der Waals surface area contributed by atoms with Crippen molar-refractivity contribution in [1.82, 2.24) is 10.3 Å². The van der Waals surface area contributed by atoms with Crippen LogP contribution in [0.5, 0.6) is 0 Å². The van der Waals surface area contributed by atoms with E-state index in [1.807, 2.05) is 4.90 Å². The molecule has 3 rings (SSSR count). The number of aliphatic hydroxyl groups is 1. The summed E-state index contributed by atoms with van der Waals surface area (Å²) in [6.45, 7) is 1.47. The molecule has 7 heteroatoms. The molecule has 0 saturated carbocycles. The lowest BCUT2D eigenvalue weighted by Crippen LogP contribution is -2.35. The molecule has 128 valence electrons. The highest BCUT2D eigenvalue weighted by atomic mass is 19.1. The zero-order chi connectivity index (χ0) is 17.1. The van der Waals surface area contributed by atoms with Crippen LogP contribution in [0.1, 0.15) is 18.2 Å². The number of anilines is 1. The summed E-state index contributed by atoms with van der Waals surface area (Å²) in [5.41, 5.74) is 0.768. The highest BCUT2D eigenvalue weighted by molar-refractivity contribution is 5.49. The first kappa shape index (κ1) is 16.7. The summed E-state index contributed by atoms with van der Waals surface area (Å²) in [4.78, 5) is 5.69. The molecule has 2 N–H and O–H groups in total. The van der Waals surface area contributed by atoms with Gasteiger partial charge in [-0.2, -0.15) is 0 Å². The van der Waals surface area contributed by atoms with Crippen LogP contribution in [0, 0.1) is 17.5 Å². The van der Waals surface area contributed by atoms with Crippen LogP contribution < -0.4 is 10.2 Å². The van der Waals surface area contributed by atoms with Crippen molar-refractivity contribution < 1.29 is 18.3 Å². The fourth-order valence-corrected chi connectivity index (χ4v) is 2.85. The number of pyridine rings is 1. The third-order valence-corrected chi connectivity index (χ3v) is 4.13. The topological polar surface area (TPSA) is 48.4 Å². The first-order chi connectivity index (χ1) is 11.5. The summed E-state index contributed by atoms with van der Waals surface area (Å²) >= 11 is 0. The fraction of sp³-hybridized carbons (Fsp3) is 0.353. The van der Waals surface area contributed by atoms with Gasteiger partial charge in [-0.1, -0.05) is 0 Å². The van der Waals surface area contributed by atoms with Crippen molar-refractivity contribution in [2.45, 2.75) is 18.6 Å². The Kier molecular flexibility index (Phi) is 5.01. The zero-order valence-electron chi connectivity index (χ0n) is 12.9. The molecule has 2 atom stereocenters. The minimum Gasteiger partial charge on any atom is -0.385 e. The average molecular weight is 337 g/mol. The molecule has 4 nitrogen and oxygen atoms in total. The molecule has 1 fully saturated rings. The van der Waals surface area contributed by atoms with Gasteiger partial charge < -0.3 is 15.3 Å². The molecule has 1 aromatic heterocycles. The lowest BCUT2D eigenvalue weighted by Gasteiger charge is -2.20. The monoisotopic (exact) mass is 337 g/mol. The van der Waals surface area contributed by atoms with E-state index >= 15 is 0 Å². The van der Waals surface area contributed by atoms with E-state index < -0.39 is 23.6 Å². The molecule has 0 spiro atoms. The van der Waals surface area contributed by atoms with Gasteiger partial charge in [0.2, 0.25) is 0 Å². The normalized spacial score (nSPS) is 18.8. The largest absolute Gasteiger partial charge is 0.385 e. The number of aliphatic hydroxyl groups excluding tert-OH is 1. The van der Waals surface area contributed by atoms with Gasteiger partial charge >= 0.3 is 0 Å². The Morgan fingerprint density at radius 3 is 2.71 bits per heavy atom. The molecule has 2 heterocycles. The number of nitrogens with zero attached hydrogens (tertiary/aromatic N) is 2. The molecule has 0 radical (unpaired) electrons. The van der Waals surface area contributed by atoms with Gasteiger partial charge in [-0.3, -0.25) is 4.98 Å². The smallest absolute Gasteiger partial charge is 0.149 e. The van der Waals surface area contributed by atoms with Crippen LogP contribution in [0.25, 0.3) is 0 Å². The van der Waals surface area contributed by atoms with Crippen molar-refractivity contribution in [3.8, 4) is 0 Å². The van der Waals surface area contributed by atoms with Crippen LogP contribution in [0.3, 0.4) is 0 Å². The molecule has 1 saturated heterocycles. The maximum absolute atomic E-state index is 13.8. The van der Waals surface area contributed by atoms with Gasteiger partial charge in [0.25, 0.3) is 0 Å². The maximum atomic E-state index is 13.8. The van der Waals surface area contributed by atoms with E-state index in [1.165, 1.54) is 24.3 Å². The summed E-state index contributed by atoms with van der Waals surface area (Å²) < 4.78 is 39.6. The Balaban J connectivity index is 1.53. The molecule has 1 aliphatic rings. The molecular weight excluding hydrogens is 319 g/mol. The SMILES string of the molecule is OC(CNC1CCN(c2ccc(F)cc2F)C1)c1ccc(F)cn1. The Morgan fingerprint density at radius 1 is 1.21 bits per heavy atom. The molecule has 2 unspecified atom stereocenters. The number of benzene rings is 1. The molecule has 0 bridgehead atoms. The molecule has 1 aromatic carbocycles. The van der Waals surface area contributed by atoms with Crippen LogP contribution in [0.4, 0.5) is 18.9 Å². The highest BCUT2D eigenvalue weighted by Crippen LogP contribution is 2.24. The standard InChI is InChI=1S/C17H18F3N3O/c18-11-2-4-16(14(20)7-11)23-6-5-13(10-23)21-9-17(24)15-3-1-12(19)8-22-15/h1-4,7-8,13,17,21,24H,5-6,9-10H2. The number of hydrogen-bond acceptors (Lipinski definition) is 4. The summed E-state index contributed by atoms with van der Waals surface area (Å²) in [7, 11) is 0.